The normalized spacial score (nSPS) is 11.9. The maximum atomic E-state index is 11.7. The number of thiophene rings is 1. The molecule has 0 amide bonds. The first-order valence-electron chi connectivity index (χ1n) is 5.96. The van der Waals surface area contributed by atoms with Crippen LogP contribution < -0.4 is 10.0 Å². The molecule has 1 rings (SSSR count). The molecule has 0 aliphatic carbocycles. The first-order chi connectivity index (χ1) is 8.53. The molecule has 0 aliphatic rings. The van der Waals surface area contributed by atoms with Gasteiger partial charge < -0.3 is 5.32 Å². The van der Waals surface area contributed by atoms with E-state index in [1.807, 2.05) is 12.1 Å². The van der Waals surface area contributed by atoms with Gasteiger partial charge in [-0.15, -0.1) is 11.3 Å². The summed E-state index contributed by atoms with van der Waals surface area (Å²) in [6.07, 6.45) is 1.71. The second kappa shape index (κ2) is 8.27. The predicted octanol–water partition coefficient (Wildman–Crippen LogP) is 2.32. The van der Waals surface area contributed by atoms with Gasteiger partial charge in [0.25, 0.3) is 0 Å². The zero-order chi connectivity index (χ0) is 13.4. The number of halogens is 1. The molecule has 104 valence electrons. The maximum absolute atomic E-state index is 11.7. The van der Waals surface area contributed by atoms with Crippen molar-refractivity contribution < 1.29 is 8.42 Å². The van der Waals surface area contributed by atoms with Gasteiger partial charge in [-0.3, -0.25) is 0 Å². The third kappa shape index (κ3) is 6.84. The van der Waals surface area contributed by atoms with Crippen LogP contribution in [-0.4, -0.2) is 27.3 Å². The molecular weight excluding hydrogens is 336 g/mol. The zero-order valence-corrected chi connectivity index (χ0v) is 13.6. The molecule has 18 heavy (non-hydrogen) atoms. The van der Waals surface area contributed by atoms with Gasteiger partial charge >= 0.3 is 0 Å². The van der Waals surface area contributed by atoms with E-state index in [0.717, 1.165) is 28.2 Å². The van der Waals surface area contributed by atoms with Gasteiger partial charge in [-0.1, -0.05) is 6.92 Å². The van der Waals surface area contributed by atoms with Crippen molar-refractivity contribution in [3.05, 3.63) is 20.8 Å². The Morgan fingerprint density at radius 3 is 2.72 bits per heavy atom. The molecule has 0 saturated heterocycles. The standard InChI is InChI=1S/C11H19BrN2O2S2/c1-2-6-13-7-3-8-18(15,16)14-9-10-4-5-11(12)17-10/h4-5,13-14H,2-3,6-9H2,1H3. The molecule has 1 heterocycles. The fourth-order valence-electron chi connectivity index (χ4n) is 1.39. The molecule has 0 unspecified atom stereocenters. The summed E-state index contributed by atoms with van der Waals surface area (Å²) >= 11 is 4.89. The third-order valence-corrected chi connectivity index (χ3v) is 5.32. The minimum absolute atomic E-state index is 0.177. The molecule has 0 atom stereocenters. The highest BCUT2D eigenvalue weighted by molar-refractivity contribution is 9.11. The van der Waals surface area contributed by atoms with Crippen LogP contribution in [0.15, 0.2) is 15.9 Å². The first-order valence-corrected chi connectivity index (χ1v) is 9.22. The highest BCUT2D eigenvalue weighted by Crippen LogP contribution is 2.21. The van der Waals surface area contributed by atoms with Crippen molar-refractivity contribution in [2.45, 2.75) is 26.3 Å². The Morgan fingerprint density at radius 2 is 2.11 bits per heavy atom. The molecule has 0 fully saturated rings. The summed E-state index contributed by atoms with van der Waals surface area (Å²) in [5, 5.41) is 3.19. The van der Waals surface area contributed by atoms with Crippen LogP contribution in [0.4, 0.5) is 0 Å². The lowest BCUT2D eigenvalue weighted by Gasteiger charge is -2.06. The predicted molar refractivity (Wildman–Crippen MR) is 80.4 cm³/mol. The Balaban J connectivity index is 2.23. The van der Waals surface area contributed by atoms with Crippen LogP contribution in [0.25, 0.3) is 0 Å². The van der Waals surface area contributed by atoms with E-state index >= 15 is 0 Å². The van der Waals surface area contributed by atoms with Crippen molar-refractivity contribution in [2.24, 2.45) is 0 Å². The van der Waals surface area contributed by atoms with Crippen LogP contribution in [0.3, 0.4) is 0 Å². The van der Waals surface area contributed by atoms with Gasteiger partial charge in [0, 0.05) is 11.4 Å². The summed E-state index contributed by atoms with van der Waals surface area (Å²) in [4.78, 5) is 1.01. The number of rotatable bonds is 9. The topological polar surface area (TPSA) is 58.2 Å². The average Bonchev–Trinajstić information content (AvgIpc) is 2.73. The minimum Gasteiger partial charge on any atom is -0.317 e. The second-order valence-corrected chi connectivity index (χ2v) is 8.42. The van der Waals surface area contributed by atoms with E-state index in [4.69, 9.17) is 0 Å². The minimum atomic E-state index is -3.16. The number of sulfonamides is 1. The van der Waals surface area contributed by atoms with E-state index < -0.39 is 10.0 Å². The average molecular weight is 355 g/mol. The van der Waals surface area contributed by atoms with E-state index in [1.165, 1.54) is 0 Å². The fraction of sp³-hybridized carbons (Fsp3) is 0.636. The molecule has 0 saturated carbocycles. The monoisotopic (exact) mass is 354 g/mol. The molecule has 0 spiro atoms. The second-order valence-electron chi connectivity index (χ2n) is 3.95. The highest BCUT2D eigenvalue weighted by Gasteiger charge is 2.09. The van der Waals surface area contributed by atoms with E-state index in [0.29, 0.717) is 13.0 Å². The van der Waals surface area contributed by atoms with E-state index in [9.17, 15) is 8.42 Å². The lowest BCUT2D eigenvalue weighted by atomic mass is 10.4. The molecule has 4 nitrogen and oxygen atoms in total. The summed E-state index contributed by atoms with van der Waals surface area (Å²) < 4.78 is 27.0. The molecule has 1 aromatic heterocycles. The number of hydrogen-bond acceptors (Lipinski definition) is 4. The van der Waals surface area contributed by atoms with Crippen molar-refractivity contribution in [3.8, 4) is 0 Å². The summed E-state index contributed by atoms with van der Waals surface area (Å²) in [6, 6.07) is 3.84. The van der Waals surface area contributed by atoms with E-state index in [-0.39, 0.29) is 5.75 Å². The van der Waals surface area contributed by atoms with Gasteiger partial charge in [-0.2, -0.15) is 0 Å². The van der Waals surface area contributed by atoms with Gasteiger partial charge in [-0.05, 0) is 54.0 Å². The quantitative estimate of drug-likeness (QED) is 0.669. The smallest absolute Gasteiger partial charge is 0.211 e. The van der Waals surface area contributed by atoms with Crippen molar-refractivity contribution in [1.29, 1.82) is 0 Å². The molecule has 0 bridgehead atoms. The summed E-state index contributed by atoms with van der Waals surface area (Å²) in [5.41, 5.74) is 0. The molecule has 7 heteroatoms. The van der Waals surface area contributed by atoms with Crippen LogP contribution >= 0.6 is 27.3 Å². The van der Waals surface area contributed by atoms with Crippen LogP contribution in [0.1, 0.15) is 24.6 Å². The van der Waals surface area contributed by atoms with Gasteiger partial charge in [0.1, 0.15) is 0 Å². The number of hydrogen-bond donors (Lipinski definition) is 2. The van der Waals surface area contributed by atoms with Crippen LogP contribution in [-0.2, 0) is 16.6 Å². The van der Waals surface area contributed by atoms with Crippen molar-refractivity contribution in [1.82, 2.24) is 10.0 Å². The first kappa shape index (κ1) is 16.1. The summed E-state index contributed by atoms with van der Waals surface area (Å²) in [7, 11) is -3.16. The van der Waals surface area contributed by atoms with Crippen molar-refractivity contribution >= 4 is 37.3 Å². The maximum Gasteiger partial charge on any atom is 0.211 e. The van der Waals surface area contributed by atoms with Gasteiger partial charge in [0.05, 0.1) is 9.54 Å². The molecule has 0 aromatic carbocycles. The highest BCUT2D eigenvalue weighted by atomic mass is 79.9. The Labute approximate surface area is 121 Å². The molecule has 2 N–H and O–H groups in total. The number of nitrogens with one attached hydrogen (secondary N) is 2. The summed E-state index contributed by atoms with van der Waals surface area (Å²) in [5.74, 6) is 0.177. The van der Waals surface area contributed by atoms with Crippen LogP contribution in [0.2, 0.25) is 0 Å². The summed E-state index contributed by atoms with van der Waals surface area (Å²) in [6.45, 7) is 4.15. The van der Waals surface area contributed by atoms with Gasteiger partial charge in [0.15, 0.2) is 0 Å². The van der Waals surface area contributed by atoms with E-state index in [1.54, 1.807) is 11.3 Å². The SMILES string of the molecule is CCCNCCCS(=O)(=O)NCc1ccc(Br)s1. The van der Waals surface area contributed by atoms with Crippen LogP contribution in [0, 0.1) is 0 Å². The van der Waals surface area contributed by atoms with Crippen molar-refractivity contribution in [3.63, 3.8) is 0 Å². The Kier molecular flexibility index (Phi) is 7.40. The largest absolute Gasteiger partial charge is 0.317 e. The van der Waals surface area contributed by atoms with E-state index in [2.05, 4.69) is 32.9 Å². The zero-order valence-electron chi connectivity index (χ0n) is 10.4. The lowest BCUT2D eigenvalue weighted by molar-refractivity contribution is 0.575. The Morgan fingerprint density at radius 1 is 1.33 bits per heavy atom. The molecule has 0 radical (unpaired) electrons. The third-order valence-electron chi connectivity index (χ3n) is 2.29. The molecule has 1 aromatic rings. The Hall–Kier alpha value is 0.0500. The Bertz CT molecular complexity index is 446. The van der Waals surface area contributed by atoms with Crippen LogP contribution in [0.5, 0.6) is 0 Å². The fourth-order valence-corrected chi connectivity index (χ4v) is 3.95. The van der Waals surface area contributed by atoms with Crippen molar-refractivity contribution in [2.75, 3.05) is 18.8 Å². The molecular formula is C11H19BrN2O2S2. The van der Waals surface area contributed by atoms with Gasteiger partial charge in [0.2, 0.25) is 10.0 Å². The molecule has 0 aliphatic heterocycles. The van der Waals surface area contributed by atoms with Gasteiger partial charge in [-0.25, -0.2) is 13.1 Å². The lowest BCUT2D eigenvalue weighted by Crippen LogP contribution is -2.27.